The summed E-state index contributed by atoms with van der Waals surface area (Å²) in [6, 6.07) is 5.56. The summed E-state index contributed by atoms with van der Waals surface area (Å²) >= 11 is 3.37. The highest BCUT2D eigenvalue weighted by atomic mass is 79.9. The van der Waals surface area contributed by atoms with Crippen LogP contribution < -0.4 is 0 Å². The smallest absolute Gasteiger partial charge is 0.306 e. The lowest BCUT2D eigenvalue weighted by Crippen LogP contribution is -2.09. The van der Waals surface area contributed by atoms with Gasteiger partial charge in [0.25, 0.3) is 0 Å². The van der Waals surface area contributed by atoms with Crippen LogP contribution in [0.3, 0.4) is 0 Å². The number of hydrogen-bond donors (Lipinski definition) is 0. The molecule has 4 heteroatoms. The van der Waals surface area contributed by atoms with Crippen LogP contribution in [-0.2, 0) is 9.53 Å². The van der Waals surface area contributed by atoms with Gasteiger partial charge in [0, 0.05) is 16.5 Å². The molecule has 0 aliphatic rings. The van der Waals surface area contributed by atoms with E-state index in [0.29, 0.717) is 12.2 Å². The molecule has 0 saturated carbocycles. The third-order valence-corrected chi connectivity index (χ3v) is 3.40. The van der Waals surface area contributed by atoms with E-state index in [4.69, 9.17) is 4.74 Å². The molecule has 0 heterocycles. The van der Waals surface area contributed by atoms with Gasteiger partial charge in [-0.05, 0) is 25.0 Å². The minimum Gasteiger partial charge on any atom is -0.466 e. The first-order valence-corrected chi connectivity index (χ1v) is 7.29. The number of hydrogen-bond acceptors (Lipinski definition) is 3. The zero-order chi connectivity index (χ0) is 14.3. The molecule has 0 saturated heterocycles. The molecule has 0 spiro atoms. The lowest BCUT2D eigenvalue weighted by Gasteiger charge is -2.05. The van der Waals surface area contributed by atoms with Gasteiger partial charge in [-0.15, -0.1) is 0 Å². The number of unbranched alkanes of at least 4 members (excludes halogenated alkanes) is 1. The Balaban J connectivity index is 2.45. The number of aryl methyl sites for hydroxylation is 1. The molecule has 0 radical (unpaired) electrons. The molecule has 1 aromatic carbocycles. The zero-order valence-electron chi connectivity index (χ0n) is 11.4. The Morgan fingerprint density at radius 3 is 2.63 bits per heavy atom. The van der Waals surface area contributed by atoms with Crippen molar-refractivity contribution in [3.8, 4) is 0 Å². The van der Waals surface area contributed by atoms with E-state index in [2.05, 4.69) is 15.9 Å². The van der Waals surface area contributed by atoms with E-state index < -0.39 is 0 Å². The van der Waals surface area contributed by atoms with Crippen molar-refractivity contribution in [1.82, 2.24) is 0 Å². The van der Waals surface area contributed by atoms with Gasteiger partial charge in [-0.25, -0.2) is 0 Å². The second-order valence-electron chi connectivity index (χ2n) is 4.48. The number of carbonyl (C=O) groups excluding carboxylic acids is 2. The minimum atomic E-state index is -0.301. The number of ketones is 1. The van der Waals surface area contributed by atoms with E-state index in [0.717, 1.165) is 22.9 Å². The fourth-order valence-electron chi connectivity index (χ4n) is 1.60. The van der Waals surface area contributed by atoms with E-state index in [1.807, 2.05) is 26.0 Å². The highest BCUT2D eigenvalue weighted by molar-refractivity contribution is 9.10. The number of rotatable bonds is 7. The van der Waals surface area contributed by atoms with Gasteiger partial charge < -0.3 is 4.74 Å². The summed E-state index contributed by atoms with van der Waals surface area (Å²) in [5.74, 6) is -0.343. The van der Waals surface area contributed by atoms with Gasteiger partial charge in [0.2, 0.25) is 0 Å². The first kappa shape index (κ1) is 15.9. The fraction of sp³-hybridized carbons (Fsp3) is 0.467. The average Bonchev–Trinajstić information content (AvgIpc) is 2.36. The first-order valence-electron chi connectivity index (χ1n) is 6.49. The predicted molar refractivity (Wildman–Crippen MR) is 78.3 cm³/mol. The maximum atomic E-state index is 12.0. The topological polar surface area (TPSA) is 43.4 Å². The van der Waals surface area contributed by atoms with Crippen LogP contribution in [0.25, 0.3) is 0 Å². The molecule has 3 nitrogen and oxygen atoms in total. The molecule has 0 aliphatic carbocycles. The Labute approximate surface area is 122 Å². The molecular formula is C15H19BrO3. The highest BCUT2D eigenvalue weighted by Crippen LogP contribution is 2.20. The third kappa shape index (κ3) is 5.55. The summed E-state index contributed by atoms with van der Waals surface area (Å²) < 4.78 is 5.79. The van der Waals surface area contributed by atoms with Crippen molar-refractivity contribution in [2.75, 3.05) is 6.61 Å². The van der Waals surface area contributed by atoms with Crippen LogP contribution in [0.5, 0.6) is 0 Å². The van der Waals surface area contributed by atoms with E-state index in [-0.39, 0.29) is 24.6 Å². The van der Waals surface area contributed by atoms with Crippen LogP contribution in [0.1, 0.15) is 48.5 Å². The Hall–Kier alpha value is -1.16. The molecule has 1 aromatic rings. The molecule has 0 bridgehead atoms. The second-order valence-corrected chi connectivity index (χ2v) is 5.33. The number of halogens is 1. The van der Waals surface area contributed by atoms with Crippen molar-refractivity contribution < 1.29 is 14.3 Å². The van der Waals surface area contributed by atoms with Crippen molar-refractivity contribution in [1.29, 1.82) is 0 Å². The number of carbonyl (C=O) groups is 2. The molecular weight excluding hydrogens is 308 g/mol. The van der Waals surface area contributed by atoms with Crippen molar-refractivity contribution >= 4 is 27.7 Å². The SMILES string of the molecule is CCCCOC(=O)CCC(=O)c1ccc(C)cc1Br. The van der Waals surface area contributed by atoms with E-state index in [9.17, 15) is 9.59 Å². The van der Waals surface area contributed by atoms with E-state index >= 15 is 0 Å². The molecule has 1 rings (SSSR count). The van der Waals surface area contributed by atoms with Gasteiger partial charge in [-0.3, -0.25) is 9.59 Å². The molecule has 0 N–H and O–H groups in total. The van der Waals surface area contributed by atoms with Crippen LogP contribution in [0.2, 0.25) is 0 Å². The van der Waals surface area contributed by atoms with Crippen LogP contribution in [0.4, 0.5) is 0 Å². The summed E-state index contributed by atoms with van der Waals surface area (Å²) in [5.41, 5.74) is 1.70. The number of esters is 1. The summed E-state index contributed by atoms with van der Waals surface area (Å²) in [5, 5.41) is 0. The minimum absolute atomic E-state index is 0.0423. The lowest BCUT2D eigenvalue weighted by atomic mass is 10.1. The van der Waals surface area contributed by atoms with Crippen molar-refractivity contribution in [2.45, 2.75) is 39.5 Å². The summed E-state index contributed by atoms with van der Waals surface area (Å²) in [6.07, 6.45) is 2.18. The van der Waals surface area contributed by atoms with Crippen molar-refractivity contribution in [2.24, 2.45) is 0 Å². The quantitative estimate of drug-likeness (QED) is 0.431. The Morgan fingerprint density at radius 2 is 2.00 bits per heavy atom. The largest absolute Gasteiger partial charge is 0.466 e. The average molecular weight is 327 g/mol. The molecule has 0 atom stereocenters. The fourth-order valence-corrected chi connectivity index (χ4v) is 2.31. The second kappa shape index (κ2) is 8.10. The molecule has 0 fully saturated rings. The summed E-state index contributed by atoms with van der Waals surface area (Å²) in [4.78, 5) is 23.4. The lowest BCUT2D eigenvalue weighted by molar-refractivity contribution is -0.143. The summed E-state index contributed by atoms with van der Waals surface area (Å²) in [7, 11) is 0. The third-order valence-electron chi connectivity index (χ3n) is 2.74. The van der Waals surface area contributed by atoms with Gasteiger partial charge in [0.05, 0.1) is 13.0 Å². The Kier molecular flexibility index (Phi) is 6.78. The number of Topliss-reactive ketones (excluding diaryl/α,β-unsaturated/α-hetero) is 1. The molecule has 104 valence electrons. The molecule has 0 aliphatic heterocycles. The normalized spacial score (nSPS) is 10.3. The monoisotopic (exact) mass is 326 g/mol. The van der Waals surface area contributed by atoms with Gasteiger partial charge in [-0.1, -0.05) is 41.4 Å². The number of ether oxygens (including phenoxy) is 1. The summed E-state index contributed by atoms with van der Waals surface area (Å²) in [6.45, 7) is 4.44. The maximum absolute atomic E-state index is 12.0. The van der Waals surface area contributed by atoms with Gasteiger partial charge in [0.15, 0.2) is 5.78 Å². The maximum Gasteiger partial charge on any atom is 0.306 e. The standard InChI is InChI=1S/C15H19BrO3/c1-3-4-9-19-15(18)8-7-14(17)12-6-5-11(2)10-13(12)16/h5-6,10H,3-4,7-9H2,1-2H3. The van der Waals surface area contributed by atoms with Crippen LogP contribution in [-0.4, -0.2) is 18.4 Å². The molecule has 0 aromatic heterocycles. The number of benzene rings is 1. The molecule has 19 heavy (non-hydrogen) atoms. The molecule has 0 amide bonds. The van der Waals surface area contributed by atoms with Crippen molar-refractivity contribution in [3.63, 3.8) is 0 Å². The zero-order valence-corrected chi connectivity index (χ0v) is 13.0. The van der Waals surface area contributed by atoms with E-state index in [1.165, 1.54) is 0 Å². The predicted octanol–water partition coefficient (Wildman–Crippen LogP) is 4.06. The Morgan fingerprint density at radius 1 is 1.26 bits per heavy atom. The van der Waals surface area contributed by atoms with Gasteiger partial charge in [-0.2, -0.15) is 0 Å². The van der Waals surface area contributed by atoms with Crippen molar-refractivity contribution in [3.05, 3.63) is 33.8 Å². The van der Waals surface area contributed by atoms with Gasteiger partial charge in [0.1, 0.15) is 0 Å². The molecule has 0 unspecified atom stereocenters. The Bertz CT molecular complexity index is 455. The van der Waals surface area contributed by atoms with E-state index in [1.54, 1.807) is 6.07 Å². The van der Waals surface area contributed by atoms with Gasteiger partial charge >= 0.3 is 5.97 Å². The van der Waals surface area contributed by atoms with Crippen LogP contribution >= 0.6 is 15.9 Å². The van der Waals surface area contributed by atoms with Crippen LogP contribution in [0, 0.1) is 6.92 Å². The van der Waals surface area contributed by atoms with Crippen LogP contribution in [0.15, 0.2) is 22.7 Å². The highest BCUT2D eigenvalue weighted by Gasteiger charge is 2.12. The first-order chi connectivity index (χ1) is 9.04.